The van der Waals surface area contributed by atoms with Crippen molar-refractivity contribution in [3.8, 4) is 0 Å². The Labute approximate surface area is 129 Å². The molecule has 3 atom stereocenters. The second kappa shape index (κ2) is 7.59. The van der Waals surface area contributed by atoms with Gasteiger partial charge >= 0.3 is 0 Å². The lowest BCUT2D eigenvalue weighted by atomic mass is 9.74. The standard InChI is InChI=1S/C17H32N2O2/c1-3-11-19(13-14-8-5-7-12-21-14)16(20)15-9-4-6-10-17(15,2)18/h14-15H,3-13,18H2,1-2H3. The van der Waals surface area contributed by atoms with Crippen molar-refractivity contribution in [3.05, 3.63) is 0 Å². The lowest BCUT2D eigenvalue weighted by Gasteiger charge is -2.41. The fourth-order valence-electron chi connectivity index (χ4n) is 3.74. The largest absolute Gasteiger partial charge is 0.376 e. The van der Waals surface area contributed by atoms with Gasteiger partial charge in [0.1, 0.15) is 0 Å². The van der Waals surface area contributed by atoms with Crippen molar-refractivity contribution < 1.29 is 9.53 Å². The summed E-state index contributed by atoms with van der Waals surface area (Å²) in [5.74, 6) is 0.247. The molecule has 0 radical (unpaired) electrons. The van der Waals surface area contributed by atoms with E-state index < -0.39 is 0 Å². The molecule has 0 spiro atoms. The molecule has 1 aliphatic heterocycles. The minimum Gasteiger partial charge on any atom is -0.376 e. The molecule has 2 aliphatic rings. The molecule has 0 bridgehead atoms. The van der Waals surface area contributed by atoms with Crippen LogP contribution in [0.2, 0.25) is 0 Å². The number of hydrogen-bond donors (Lipinski definition) is 1. The van der Waals surface area contributed by atoms with Crippen molar-refractivity contribution >= 4 is 5.91 Å². The summed E-state index contributed by atoms with van der Waals surface area (Å²) in [6, 6.07) is 0. The fourth-order valence-corrected chi connectivity index (χ4v) is 3.74. The molecule has 1 saturated carbocycles. The van der Waals surface area contributed by atoms with Crippen molar-refractivity contribution in [2.75, 3.05) is 19.7 Å². The average molecular weight is 296 g/mol. The van der Waals surface area contributed by atoms with Gasteiger partial charge in [0.15, 0.2) is 0 Å². The normalized spacial score (nSPS) is 33.7. The smallest absolute Gasteiger partial charge is 0.227 e. The van der Waals surface area contributed by atoms with Crippen LogP contribution in [0.3, 0.4) is 0 Å². The average Bonchev–Trinajstić information content (AvgIpc) is 2.47. The van der Waals surface area contributed by atoms with Crippen molar-refractivity contribution in [2.45, 2.75) is 76.9 Å². The fraction of sp³-hybridized carbons (Fsp3) is 0.941. The zero-order valence-corrected chi connectivity index (χ0v) is 13.8. The van der Waals surface area contributed by atoms with E-state index in [9.17, 15) is 4.79 Å². The molecule has 21 heavy (non-hydrogen) atoms. The molecule has 122 valence electrons. The number of carbonyl (C=O) groups excluding carboxylic acids is 1. The van der Waals surface area contributed by atoms with Gasteiger partial charge in [0.25, 0.3) is 0 Å². The summed E-state index contributed by atoms with van der Waals surface area (Å²) in [4.78, 5) is 15.0. The van der Waals surface area contributed by atoms with Gasteiger partial charge in [0.05, 0.1) is 12.0 Å². The molecular weight excluding hydrogens is 264 g/mol. The molecule has 1 aliphatic carbocycles. The monoisotopic (exact) mass is 296 g/mol. The maximum atomic E-state index is 13.0. The van der Waals surface area contributed by atoms with Crippen LogP contribution in [0, 0.1) is 5.92 Å². The molecule has 4 heteroatoms. The van der Waals surface area contributed by atoms with E-state index in [0.717, 1.165) is 64.6 Å². The molecule has 3 unspecified atom stereocenters. The van der Waals surface area contributed by atoms with E-state index in [-0.39, 0.29) is 23.5 Å². The first-order chi connectivity index (χ1) is 10.0. The Morgan fingerprint density at radius 2 is 2.05 bits per heavy atom. The van der Waals surface area contributed by atoms with Crippen LogP contribution in [0.1, 0.15) is 65.2 Å². The summed E-state index contributed by atoms with van der Waals surface area (Å²) in [6.07, 6.45) is 8.85. The highest BCUT2D eigenvalue weighted by atomic mass is 16.5. The van der Waals surface area contributed by atoms with E-state index in [1.807, 2.05) is 4.90 Å². The Hall–Kier alpha value is -0.610. The number of hydrogen-bond acceptors (Lipinski definition) is 3. The van der Waals surface area contributed by atoms with Crippen LogP contribution >= 0.6 is 0 Å². The topological polar surface area (TPSA) is 55.6 Å². The molecule has 0 aromatic heterocycles. The molecule has 0 aromatic rings. The number of nitrogens with two attached hydrogens (primary N) is 1. The van der Waals surface area contributed by atoms with Gasteiger partial charge in [-0.1, -0.05) is 19.8 Å². The number of carbonyl (C=O) groups is 1. The molecule has 0 aromatic carbocycles. The Balaban J connectivity index is 2.00. The summed E-state index contributed by atoms with van der Waals surface area (Å²) in [5.41, 5.74) is 6.07. The van der Waals surface area contributed by atoms with Crippen LogP contribution < -0.4 is 5.73 Å². The first-order valence-corrected chi connectivity index (χ1v) is 8.74. The summed E-state index contributed by atoms with van der Waals surface area (Å²) >= 11 is 0. The summed E-state index contributed by atoms with van der Waals surface area (Å²) in [5, 5.41) is 0. The van der Waals surface area contributed by atoms with Gasteiger partial charge < -0.3 is 15.4 Å². The van der Waals surface area contributed by atoms with Gasteiger partial charge in [-0.3, -0.25) is 4.79 Å². The van der Waals surface area contributed by atoms with E-state index in [4.69, 9.17) is 10.5 Å². The second-order valence-electron chi connectivity index (χ2n) is 7.08. The third-order valence-electron chi connectivity index (χ3n) is 5.06. The Bertz CT molecular complexity index is 338. The molecule has 1 heterocycles. The van der Waals surface area contributed by atoms with Crippen LogP contribution in [0.25, 0.3) is 0 Å². The molecule has 1 amide bonds. The molecule has 1 saturated heterocycles. The van der Waals surface area contributed by atoms with Crippen molar-refractivity contribution in [1.29, 1.82) is 0 Å². The zero-order valence-electron chi connectivity index (χ0n) is 13.8. The lowest BCUT2D eigenvalue weighted by Crippen LogP contribution is -2.55. The van der Waals surface area contributed by atoms with Gasteiger partial charge in [-0.25, -0.2) is 0 Å². The summed E-state index contributed by atoms with van der Waals surface area (Å²) < 4.78 is 5.82. The Kier molecular flexibility index (Phi) is 6.06. The number of rotatable bonds is 5. The predicted molar refractivity (Wildman–Crippen MR) is 85.0 cm³/mol. The van der Waals surface area contributed by atoms with E-state index in [2.05, 4.69) is 13.8 Å². The minimum absolute atomic E-state index is 0.0126. The quantitative estimate of drug-likeness (QED) is 0.848. The molecule has 2 fully saturated rings. The predicted octanol–water partition coefficient (Wildman–Crippen LogP) is 2.70. The summed E-state index contributed by atoms with van der Waals surface area (Å²) in [7, 11) is 0. The highest BCUT2D eigenvalue weighted by molar-refractivity contribution is 5.80. The van der Waals surface area contributed by atoms with Gasteiger partial charge in [-0.05, 0) is 45.4 Å². The van der Waals surface area contributed by atoms with E-state index in [1.54, 1.807) is 0 Å². The lowest BCUT2D eigenvalue weighted by molar-refractivity contribution is -0.141. The highest BCUT2D eigenvalue weighted by Gasteiger charge is 2.40. The molecular formula is C17H32N2O2. The van der Waals surface area contributed by atoms with E-state index >= 15 is 0 Å². The SMILES string of the molecule is CCCN(CC1CCCCO1)C(=O)C1CCCCC1(C)N. The molecule has 2 N–H and O–H groups in total. The van der Waals surface area contributed by atoms with Crippen LogP contribution in [-0.2, 0) is 9.53 Å². The van der Waals surface area contributed by atoms with Gasteiger partial charge in [0, 0.05) is 25.2 Å². The van der Waals surface area contributed by atoms with Gasteiger partial charge in [0.2, 0.25) is 5.91 Å². The van der Waals surface area contributed by atoms with Crippen LogP contribution in [0.15, 0.2) is 0 Å². The van der Waals surface area contributed by atoms with E-state index in [0.29, 0.717) is 0 Å². The first-order valence-electron chi connectivity index (χ1n) is 8.74. The highest BCUT2D eigenvalue weighted by Crippen LogP contribution is 2.33. The Morgan fingerprint density at radius 3 is 2.67 bits per heavy atom. The van der Waals surface area contributed by atoms with Crippen LogP contribution in [0.4, 0.5) is 0 Å². The number of ether oxygens (including phenoxy) is 1. The Morgan fingerprint density at radius 1 is 1.29 bits per heavy atom. The number of nitrogens with zero attached hydrogens (tertiary/aromatic N) is 1. The van der Waals surface area contributed by atoms with Crippen LogP contribution in [-0.4, -0.2) is 42.1 Å². The zero-order chi connectivity index (χ0) is 15.3. The third kappa shape index (κ3) is 4.43. The van der Waals surface area contributed by atoms with Crippen molar-refractivity contribution in [3.63, 3.8) is 0 Å². The van der Waals surface area contributed by atoms with Crippen molar-refractivity contribution in [1.82, 2.24) is 4.90 Å². The number of amides is 1. The first kappa shape index (κ1) is 16.8. The van der Waals surface area contributed by atoms with Crippen molar-refractivity contribution in [2.24, 2.45) is 11.7 Å². The third-order valence-corrected chi connectivity index (χ3v) is 5.06. The van der Waals surface area contributed by atoms with E-state index in [1.165, 1.54) is 6.42 Å². The summed E-state index contributed by atoms with van der Waals surface area (Å²) in [6.45, 7) is 6.60. The maximum Gasteiger partial charge on any atom is 0.227 e. The minimum atomic E-state index is -0.339. The van der Waals surface area contributed by atoms with Crippen LogP contribution in [0.5, 0.6) is 0 Å². The second-order valence-corrected chi connectivity index (χ2v) is 7.08. The molecule has 2 rings (SSSR count). The van der Waals surface area contributed by atoms with Gasteiger partial charge in [-0.15, -0.1) is 0 Å². The maximum absolute atomic E-state index is 13.0. The molecule has 4 nitrogen and oxygen atoms in total. The van der Waals surface area contributed by atoms with Gasteiger partial charge in [-0.2, -0.15) is 0 Å².